The molecule has 0 bridgehead atoms. The summed E-state index contributed by atoms with van der Waals surface area (Å²) < 4.78 is 5.31. The fourth-order valence-corrected chi connectivity index (χ4v) is 2.26. The van der Waals surface area contributed by atoms with E-state index in [-0.39, 0.29) is 6.61 Å². The van der Waals surface area contributed by atoms with Crippen molar-refractivity contribution >= 4 is 0 Å². The predicted octanol–water partition coefficient (Wildman–Crippen LogP) is -2.26. The maximum Gasteiger partial charge on any atom is 0.127 e. The van der Waals surface area contributed by atoms with Gasteiger partial charge in [-0.1, -0.05) is 6.08 Å². The molecule has 0 unspecified atom stereocenters. The van der Waals surface area contributed by atoms with Gasteiger partial charge < -0.3 is 19.6 Å². The summed E-state index contributed by atoms with van der Waals surface area (Å²) in [7, 11) is 0. The van der Waals surface area contributed by atoms with Crippen LogP contribution >= 0.6 is 0 Å². The minimum absolute atomic E-state index is 0.135. The molecule has 1 fully saturated rings. The number of quaternary nitrogens is 2. The first-order valence-corrected chi connectivity index (χ1v) is 6.73. The molecule has 4 nitrogen and oxygen atoms in total. The first kappa shape index (κ1) is 14.6. The average molecular weight is 244 g/mol. The molecule has 0 amide bonds. The Balaban J connectivity index is 2.09. The van der Waals surface area contributed by atoms with Gasteiger partial charge in [0.25, 0.3) is 0 Å². The highest BCUT2D eigenvalue weighted by atomic mass is 16.5. The lowest BCUT2D eigenvalue weighted by Crippen LogP contribution is -3.28. The topological polar surface area (TPSA) is 38.3 Å². The van der Waals surface area contributed by atoms with Crippen molar-refractivity contribution in [3.8, 4) is 0 Å². The number of aliphatic hydroxyl groups is 1. The number of aliphatic hydroxyl groups excluding tert-OH is 1. The van der Waals surface area contributed by atoms with Crippen LogP contribution in [-0.2, 0) is 4.74 Å². The van der Waals surface area contributed by atoms with Crippen molar-refractivity contribution in [2.24, 2.45) is 0 Å². The molecule has 0 aliphatic carbocycles. The van der Waals surface area contributed by atoms with Crippen LogP contribution in [0.4, 0.5) is 0 Å². The molecule has 1 heterocycles. The van der Waals surface area contributed by atoms with E-state index in [1.165, 1.54) is 38.3 Å². The van der Waals surface area contributed by atoms with Gasteiger partial charge in [-0.2, -0.15) is 0 Å². The molecule has 100 valence electrons. The molecule has 0 aromatic carbocycles. The highest BCUT2D eigenvalue weighted by molar-refractivity contribution is 4.94. The van der Waals surface area contributed by atoms with Crippen LogP contribution in [-0.4, -0.2) is 64.2 Å². The number of rotatable bonds is 7. The van der Waals surface area contributed by atoms with E-state index in [0.717, 1.165) is 13.2 Å². The van der Waals surface area contributed by atoms with Gasteiger partial charge >= 0.3 is 0 Å². The van der Waals surface area contributed by atoms with Crippen LogP contribution < -0.4 is 9.80 Å². The molecule has 1 aliphatic rings. The molecule has 0 atom stereocenters. The molecule has 17 heavy (non-hydrogen) atoms. The van der Waals surface area contributed by atoms with E-state index < -0.39 is 0 Å². The molecule has 0 saturated carbocycles. The van der Waals surface area contributed by atoms with Crippen molar-refractivity contribution in [1.29, 1.82) is 0 Å². The number of hydrogen-bond donors (Lipinski definition) is 3. The zero-order valence-electron chi connectivity index (χ0n) is 11.3. The van der Waals surface area contributed by atoms with Crippen molar-refractivity contribution in [2.75, 3.05) is 59.1 Å². The Hall–Kier alpha value is -0.420. The summed E-state index contributed by atoms with van der Waals surface area (Å²) in [5.74, 6) is 0. The SMILES string of the molecule is C/C=C(/C)C[NH+]1CC[NH+](CCOCCO)CC1. The zero-order valence-corrected chi connectivity index (χ0v) is 11.3. The third kappa shape index (κ3) is 6.17. The van der Waals surface area contributed by atoms with Crippen LogP contribution in [0.2, 0.25) is 0 Å². The molecule has 0 spiro atoms. The van der Waals surface area contributed by atoms with Gasteiger partial charge in [0.1, 0.15) is 32.7 Å². The van der Waals surface area contributed by atoms with E-state index in [1.54, 1.807) is 9.80 Å². The van der Waals surface area contributed by atoms with Crippen LogP contribution in [0.15, 0.2) is 11.6 Å². The van der Waals surface area contributed by atoms with Crippen LogP contribution in [0.5, 0.6) is 0 Å². The molecule has 4 heteroatoms. The van der Waals surface area contributed by atoms with Crippen molar-refractivity contribution in [1.82, 2.24) is 0 Å². The lowest BCUT2D eigenvalue weighted by molar-refractivity contribution is -1.01. The van der Waals surface area contributed by atoms with Crippen LogP contribution in [0, 0.1) is 0 Å². The molecular formula is C13H28N2O2+2. The largest absolute Gasteiger partial charge is 0.394 e. The van der Waals surface area contributed by atoms with Gasteiger partial charge in [0.05, 0.1) is 26.4 Å². The van der Waals surface area contributed by atoms with Gasteiger partial charge in [-0.05, 0) is 19.4 Å². The molecule has 0 radical (unpaired) electrons. The molecule has 1 aliphatic heterocycles. The Morgan fingerprint density at radius 3 is 2.41 bits per heavy atom. The van der Waals surface area contributed by atoms with E-state index in [1.807, 2.05) is 0 Å². The van der Waals surface area contributed by atoms with Gasteiger partial charge in [-0.3, -0.25) is 0 Å². The number of ether oxygens (including phenoxy) is 1. The summed E-state index contributed by atoms with van der Waals surface area (Å²) >= 11 is 0. The number of nitrogens with one attached hydrogen (secondary N) is 2. The van der Waals surface area contributed by atoms with Crippen molar-refractivity contribution in [2.45, 2.75) is 13.8 Å². The Labute approximate surface area is 105 Å². The summed E-state index contributed by atoms with van der Waals surface area (Å²) in [6.07, 6.45) is 2.22. The molecule has 0 aromatic rings. The molecule has 1 saturated heterocycles. The third-order valence-electron chi connectivity index (χ3n) is 3.52. The second-order valence-electron chi connectivity index (χ2n) is 4.90. The van der Waals surface area contributed by atoms with Crippen molar-refractivity contribution < 1.29 is 19.6 Å². The summed E-state index contributed by atoms with van der Waals surface area (Å²) in [6.45, 7) is 13.0. The summed E-state index contributed by atoms with van der Waals surface area (Å²) in [5.41, 5.74) is 1.50. The first-order valence-electron chi connectivity index (χ1n) is 6.73. The maximum absolute atomic E-state index is 8.60. The second kappa shape index (κ2) is 8.64. The zero-order chi connectivity index (χ0) is 12.5. The lowest BCUT2D eigenvalue weighted by Gasteiger charge is -2.29. The van der Waals surface area contributed by atoms with Gasteiger partial charge in [0.15, 0.2) is 0 Å². The van der Waals surface area contributed by atoms with Gasteiger partial charge in [0.2, 0.25) is 0 Å². The summed E-state index contributed by atoms with van der Waals surface area (Å²) in [5, 5.41) is 8.60. The van der Waals surface area contributed by atoms with E-state index in [2.05, 4.69) is 19.9 Å². The Bertz CT molecular complexity index is 223. The number of piperazine rings is 1. The Morgan fingerprint density at radius 1 is 1.18 bits per heavy atom. The fraction of sp³-hybridized carbons (Fsp3) is 0.846. The minimum Gasteiger partial charge on any atom is -0.394 e. The Morgan fingerprint density at radius 2 is 1.82 bits per heavy atom. The quantitative estimate of drug-likeness (QED) is 0.349. The summed E-state index contributed by atoms with van der Waals surface area (Å²) in [4.78, 5) is 3.35. The highest BCUT2D eigenvalue weighted by Crippen LogP contribution is 1.84. The normalized spacial score (nSPS) is 26.2. The van der Waals surface area contributed by atoms with Crippen LogP contribution in [0.3, 0.4) is 0 Å². The third-order valence-corrected chi connectivity index (χ3v) is 3.52. The molecule has 3 N–H and O–H groups in total. The van der Waals surface area contributed by atoms with E-state index in [9.17, 15) is 0 Å². The van der Waals surface area contributed by atoms with Crippen LogP contribution in [0.25, 0.3) is 0 Å². The predicted molar refractivity (Wildman–Crippen MR) is 68.5 cm³/mol. The van der Waals surface area contributed by atoms with Crippen molar-refractivity contribution in [3.63, 3.8) is 0 Å². The van der Waals surface area contributed by atoms with Gasteiger partial charge in [0, 0.05) is 0 Å². The van der Waals surface area contributed by atoms with E-state index in [0.29, 0.717) is 6.61 Å². The Kier molecular flexibility index (Phi) is 7.44. The summed E-state index contributed by atoms with van der Waals surface area (Å²) in [6, 6.07) is 0. The highest BCUT2D eigenvalue weighted by Gasteiger charge is 2.22. The standard InChI is InChI=1S/C13H26N2O2/c1-3-13(2)12-15-6-4-14(5-7-15)8-10-17-11-9-16/h3,16H,4-12H2,1-2H3/p+2/b13-3-. The fourth-order valence-electron chi connectivity index (χ4n) is 2.26. The van der Waals surface area contributed by atoms with Gasteiger partial charge in [-0.15, -0.1) is 0 Å². The minimum atomic E-state index is 0.135. The van der Waals surface area contributed by atoms with Gasteiger partial charge in [-0.25, -0.2) is 0 Å². The average Bonchev–Trinajstić information content (AvgIpc) is 2.36. The second-order valence-corrected chi connectivity index (χ2v) is 4.90. The van der Waals surface area contributed by atoms with Crippen molar-refractivity contribution in [3.05, 3.63) is 11.6 Å². The van der Waals surface area contributed by atoms with E-state index in [4.69, 9.17) is 9.84 Å². The number of allylic oxidation sites excluding steroid dienone is 1. The van der Waals surface area contributed by atoms with Crippen LogP contribution in [0.1, 0.15) is 13.8 Å². The monoisotopic (exact) mass is 244 g/mol. The molecular weight excluding hydrogens is 216 g/mol. The first-order chi connectivity index (χ1) is 8.26. The lowest BCUT2D eigenvalue weighted by atomic mass is 10.2. The van der Waals surface area contributed by atoms with E-state index >= 15 is 0 Å². The maximum atomic E-state index is 8.60. The molecule has 1 rings (SSSR count). The smallest absolute Gasteiger partial charge is 0.127 e. The number of hydrogen-bond acceptors (Lipinski definition) is 2. The molecule has 0 aromatic heterocycles.